The fourth-order valence-electron chi connectivity index (χ4n) is 1.58. The quantitative estimate of drug-likeness (QED) is 0.729. The molecule has 0 spiro atoms. The lowest BCUT2D eigenvalue weighted by Crippen LogP contribution is -2.31. The summed E-state index contributed by atoms with van der Waals surface area (Å²) < 4.78 is 36.7. The van der Waals surface area contributed by atoms with Crippen LogP contribution in [0.4, 0.5) is 0 Å². The molecule has 0 aromatic heterocycles. The lowest BCUT2D eigenvalue weighted by molar-refractivity contribution is 0.174. The molecular formula is C11H16N2O4S. The van der Waals surface area contributed by atoms with Crippen LogP contribution >= 0.6 is 0 Å². The summed E-state index contributed by atoms with van der Waals surface area (Å²) >= 11 is 0. The first kappa shape index (κ1) is 13.1. The first-order chi connectivity index (χ1) is 8.63. The zero-order valence-electron chi connectivity index (χ0n) is 10.1. The maximum Gasteiger partial charge on any atom is 0.240 e. The Morgan fingerprint density at radius 3 is 2.78 bits per heavy atom. The van der Waals surface area contributed by atoms with Crippen molar-refractivity contribution in [1.82, 2.24) is 10.0 Å². The topological polar surface area (TPSA) is 76.7 Å². The van der Waals surface area contributed by atoms with E-state index in [-0.39, 0.29) is 11.7 Å². The number of benzene rings is 1. The van der Waals surface area contributed by atoms with Crippen LogP contribution in [0, 0.1) is 0 Å². The lowest BCUT2D eigenvalue weighted by atomic mass is 10.3. The third-order valence-corrected chi connectivity index (χ3v) is 3.96. The van der Waals surface area contributed by atoms with Gasteiger partial charge in [0.1, 0.15) is 0 Å². The van der Waals surface area contributed by atoms with Crippen LogP contribution in [0.15, 0.2) is 23.1 Å². The zero-order valence-corrected chi connectivity index (χ0v) is 10.9. The van der Waals surface area contributed by atoms with Crippen molar-refractivity contribution < 1.29 is 17.9 Å². The highest BCUT2D eigenvalue weighted by Gasteiger charge is 2.19. The van der Waals surface area contributed by atoms with Crippen LogP contribution in [0.25, 0.3) is 0 Å². The van der Waals surface area contributed by atoms with Crippen LogP contribution in [0.3, 0.4) is 0 Å². The fraction of sp³-hybridized carbons (Fsp3) is 0.455. The molecule has 1 aliphatic rings. The monoisotopic (exact) mass is 272 g/mol. The summed E-state index contributed by atoms with van der Waals surface area (Å²) in [6, 6.07) is 4.57. The minimum absolute atomic E-state index is 0.132. The summed E-state index contributed by atoms with van der Waals surface area (Å²) in [7, 11) is -3.49. The fourth-order valence-corrected chi connectivity index (χ4v) is 2.62. The number of likely N-dealkylation sites (N-methyl/N-ethyl adjacent to an activating group) is 1. The molecule has 0 atom stereocenters. The summed E-state index contributed by atoms with van der Waals surface area (Å²) in [4.78, 5) is 0.184. The van der Waals surface area contributed by atoms with Crippen molar-refractivity contribution >= 4 is 10.0 Å². The highest BCUT2D eigenvalue weighted by atomic mass is 32.2. The van der Waals surface area contributed by atoms with Gasteiger partial charge in [-0.25, -0.2) is 13.1 Å². The third kappa shape index (κ3) is 2.92. The Morgan fingerprint density at radius 1 is 1.22 bits per heavy atom. The average molecular weight is 272 g/mol. The zero-order chi connectivity index (χ0) is 13.0. The van der Waals surface area contributed by atoms with Gasteiger partial charge >= 0.3 is 0 Å². The van der Waals surface area contributed by atoms with Gasteiger partial charge in [-0.05, 0) is 18.7 Å². The molecule has 0 bridgehead atoms. The van der Waals surface area contributed by atoms with Crippen molar-refractivity contribution in [2.75, 3.05) is 26.4 Å². The van der Waals surface area contributed by atoms with Crippen LogP contribution in [0.2, 0.25) is 0 Å². The molecule has 18 heavy (non-hydrogen) atoms. The Kier molecular flexibility index (Phi) is 4.05. The van der Waals surface area contributed by atoms with Gasteiger partial charge in [-0.3, -0.25) is 0 Å². The molecular weight excluding hydrogens is 256 g/mol. The van der Waals surface area contributed by atoms with E-state index in [4.69, 9.17) is 9.47 Å². The molecule has 1 aliphatic heterocycles. The molecule has 7 heteroatoms. The smallest absolute Gasteiger partial charge is 0.240 e. The van der Waals surface area contributed by atoms with Gasteiger partial charge < -0.3 is 14.8 Å². The number of fused-ring (bicyclic) bond motifs is 1. The Hall–Kier alpha value is -1.31. The van der Waals surface area contributed by atoms with Gasteiger partial charge in [-0.15, -0.1) is 0 Å². The summed E-state index contributed by atoms with van der Waals surface area (Å²) in [5.74, 6) is 1.03. The van der Waals surface area contributed by atoms with Crippen LogP contribution in [-0.4, -0.2) is 34.8 Å². The van der Waals surface area contributed by atoms with E-state index in [9.17, 15) is 8.42 Å². The van der Waals surface area contributed by atoms with E-state index < -0.39 is 10.0 Å². The van der Waals surface area contributed by atoms with Crippen LogP contribution in [-0.2, 0) is 10.0 Å². The van der Waals surface area contributed by atoms with E-state index in [0.29, 0.717) is 24.6 Å². The molecule has 0 saturated heterocycles. The third-order valence-electron chi connectivity index (χ3n) is 2.50. The second-order valence-corrected chi connectivity index (χ2v) is 5.53. The van der Waals surface area contributed by atoms with Gasteiger partial charge in [0.2, 0.25) is 16.8 Å². The van der Waals surface area contributed by atoms with E-state index >= 15 is 0 Å². The van der Waals surface area contributed by atoms with E-state index in [1.54, 1.807) is 6.07 Å². The standard InChI is InChI=1S/C11H16N2O4S/c1-2-12-5-6-13-18(14,15)9-3-4-10-11(7-9)17-8-16-10/h3-4,7,12-13H,2,5-6,8H2,1H3. The van der Waals surface area contributed by atoms with E-state index in [1.165, 1.54) is 12.1 Å². The number of nitrogens with one attached hydrogen (secondary N) is 2. The summed E-state index contributed by atoms with van der Waals surface area (Å²) in [5.41, 5.74) is 0. The second kappa shape index (κ2) is 5.55. The maximum atomic E-state index is 12.0. The Labute approximate surface area is 106 Å². The molecule has 0 saturated carbocycles. The molecule has 100 valence electrons. The van der Waals surface area contributed by atoms with Crippen molar-refractivity contribution in [3.8, 4) is 11.5 Å². The van der Waals surface area contributed by atoms with Gasteiger partial charge in [0, 0.05) is 19.2 Å². The first-order valence-electron chi connectivity index (χ1n) is 5.73. The van der Waals surface area contributed by atoms with Crippen LogP contribution in [0.1, 0.15) is 6.92 Å². The summed E-state index contributed by atoms with van der Waals surface area (Å²) in [6.45, 7) is 3.86. The second-order valence-electron chi connectivity index (χ2n) is 3.77. The molecule has 0 amide bonds. The minimum atomic E-state index is -3.49. The molecule has 2 N–H and O–H groups in total. The van der Waals surface area contributed by atoms with Crippen molar-refractivity contribution in [3.63, 3.8) is 0 Å². The summed E-state index contributed by atoms with van der Waals surface area (Å²) in [5, 5.41) is 3.04. The predicted molar refractivity (Wildman–Crippen MR) is 66.3 cm³/mol. The largest absolute Gasteiger partial charge is 0.454 e. The van der Waals surface area contributed by atoms with Gasteiger partial charge in [-0.1, -0.05) is 6.92 Å². The first-order valence-corrected chi connectivity index (χ1v) is 7.22. The molecule has 2 rings (SSSR count). The normalized spacial score (nSPS) is 13.8. The molecule has 0 aliphatic carbocycles. The number of hydrogen-bond donors (Lipinski definition) is 2. The Bertz CT molecular complexity index is 516. The predicted octanol–water partition coefficient (Wildman–Crippen LogP) is 0.303. The maximum absolute atomic E-state index is 12.0. The van der Waals surface area contributed by atoms with Gasteiger partial charge in [-0.2, -0.15) is 0 Å². The number of ether oxygens (including phenoxy) is 2. The average Bonchev–Trinajstić information content (AvgIpc) is 2.82. The van der Waals surface area contributed by atoms with Gasteiger partial charge in [0.15, 0.2) is 11.5 Å². The Morgan fingerprint density at radius 2 is 2.00 bits per heavy atom. The SMILES string of the molecule is CCNCCNS(=O)(=O)c1ccc2c(c1)OCO2. The molecule has 1 heterocycles. The van der Waals surface area contributed by atoms with Crippen molar-refractivity contribution in [2.24, 2.45) is 0 Å². The molecule has 6 nitrogen and oxygen atoms in total. The Balaban J connectivity index is 2.05. The molecule has 0 fully saturated rings. The van der Waals surface area contributed by atoms with Crippen LogP contribution < -0.4 is 19.5 Å². The van der Waals surface area contributed by atoms with Gasteiger partial charge in [0.25, 0.3) is 0 Å². The highest BCUT2D eigenvalue weighted by molar-refractivity contribution is 7.89. The molecule has 0 radical (unpaired) electrons. The molecule has 1 aromatic rings. The molecule has 0 unspecified atom stereocenters. The van der Waals surface area contributed by atoms with Crippen molar-refractivity contribution in [3.05, 3.63) is 18.2 Å². The van der Waals surface area contributed by atoms with Gasteiger partial charge in [0.05, 0.1) is 4.90 Å². The van der Waals surface area contributed by atoms with Crippen molar-refractivity contribution in [1.29, 1.82) is 0 Å². The van der Waals surface area contributed by atoms with E-state index in [1.807, 2.05) is 6.92 Å². The van der Waals surface area contributed by atoms with E-state index in [2.05, 4.69) is 10.0 Å². The summed E-state index contributed by atoms with van der Waals surface area (Å²) in [6.07, 6.45) is 0. The van der Waals surface area contributed by atoms with Crippen LogP contribution in [0.5, 0.6) is 11.5 Å². The number of rotatable bonds is 6. The number of hydrogen-bond acceptors (Lipinski definition) is 5. The highest BCUT2D eigenvalue weighted by Crippen LogP contribution is 2.33. The minimum Gasteiger partial charge on any atom is -0.454 e. The lowest BCUT2D eigenvalue weighted by Gasteiger charge is -2.07. The molecule has 1 aromatic carbocycles. The van der Waals surface area contributed by atoms with E-state index in [0.717, 1.165) is 6.54 Å². The number of sulfonamides is 1. The van der Waals surface area contributed by atoms with Crippen molar-refractivity contribution in [2.45, 2.75) is 11.8 Å².